The standard InChI is InChI=1S/C14H20Br2N2/c1-18-7-3-2-4-11(9-17)14(18)10-5-6-12(15)13(16)8-10/h5-6,8,11,14H,2-4,7,9,17H2,1H3. The summed E-state index contributed by atoms with van der Waals surface area (Å²) in [6, 6.07) is 7.00. The van der Waals surface area contributed by atoms with Crippen LogP contribution in [0.3, 0.4) is 0 Å². The van der Waals surface area contributed by atoms with E-state index in [0.717, 1.165) is 22.0 Å². The Balaban J connectivity index is 2.33. The Bertz CT molecular complexity index is 409. The number of nitrogens with zero attached hydrogens (tertiary/aromatic N) is 1. The van der Waals surface area contributed by atoms with E-state index in [0.29, 0.717) is 12.0 Å². The van der Waals surface area contributed by atoms with Crippen LogP contribution < -0.4 is 5.73 Å². The molecule has 0 radical (unpaired) electrons. The van der Waals surface area contributed by atoms with Gasteiger partial charge in [-0.2, -0.15) is 0 Å². The minimum absolute atomic E-state index is 0.446. The van der Waals surface area contributed by atoms with Gasteiger partial charge in [0.1, 0.15) is 0 Å². The lowest BCUT2D eigenvalue weighted by atomic mass is 9.89. The van der Waals surface area contributed by atoms with Crippen LogP contribution in [-0.2, 0) is 0 Å². The first-order valence-electron chi connectivity index (χ1n) is 6.48. The topological polar surface area (TPSA) is 29.3 Å². The van der Waals surface area contributed by atoms with Crippen molar-refractivity contribution in [2.45, 2.75) is 25.3 Å². The molecule has 1 fully saturated rings. The van der Waals surface area contributed by atoms with Crippen molar-refractivity contribution in [1.82, 2.24) is 4.90 Å². The molecule has 2 unspecified atom stereocenters. The van der Waals surface area contributed by atoms with Gasteiger partial charge >= 0.3 is 0 Å². The smallest absolute Gasteiger partial charge is 0.0385 e. The van der Waals surface area contributed by atoms with E-state index in [2.05, 4.69) is 62.0 Å². The van der Waals surface area contributed by atoms with Crippen LogP contribution in [0.1, 0.15) is 30.9 Å². The number of likely N-dealkylation sites (tertiary alicyclic amines) is 1. The van der Waals surface area contributed by atoms with Crippen LogP contribution >= 0.6 is 31.9 Å². The fraction of sp³-hybridized carbons (Fsp3) is 0.571. The summed E-state index contributed by atoms with van der Waals surface area (Å²) in [7, 11) is 2.22. The van der Waals surface area contributed by atoms with Crippen LogP contribution in [0.5, 0.6) is 0 Å². The Kier molecular flexibility index (Phi) is 5.24. The van der Waals surface area contributed by atoms with Crippen molar-refractivity contribution >= 4 is 31.9 Å². The molecule has 1 aromatic rings. The fourth-order valence-corrected chi connectivity index (χ4v) is 3.54. The molecule has 18 heavy (non-hydrogen) atoms. The third-order valence-corrected chi connectivity index (χ3v) is 5.72. The zero-order chi connectivity index (χ0) is 13.1. The lowest BCUT2D eigenvalue weighted by molar-refractivity contribution is 0.196. The highest BCUT2D eigenvalue weighted by Crippen LogP contribution is 2.36. The van der Waals surface area contributed by atoms with Crippen molar-refractivity contribution < 1.29 is 0 Å². The Labute approximate surface area is 126 Å². The van der Waals surface area contributed by atoms with Crippen molar-refractivity contribution in [2.75, 3.05) is 20.1 Å². The Morgan fingerprint density at radius 1 is 1.28 bits per heavy atom. The molecular formula is C14H20Br2N2. The summed E-state index contributed by atoms with van der Waals surface area (Å²) in [4.78, 5) is 2.46. The molecular weight excluding hydrogens is 356 g/mol. The second kappa shape index (κ2) is 6.51. The van der Waals surface area contributed by atoms with E-state index in [1.54, 1.807) is 0 Å². The van der Waals surface area contributed by atoms with Crippen LogP contribution in [0.15, 0.2) is 27.1 Å². The van der Waals surface area contributed by atoms with Gasteiger partial charge in [-0.1, -0.05) is 12.5 Å². The first-order valence-corrected chi connectivity index (χ1v) is 8.07. The number of benzene rings is 1. The maximum absolute atomic E-state index is 5.98. The first-order chi connectivity index (χ1) is 8.63. The maximum atomic E-state index is 5.98. The molecule has 0 saturated carbocycles. The first kappa shape index (κ1) is 14.5. The predicted octanol–water partition coefficient (Wildman–Crippen LogP) is 3.94. The Hall–Kier alpha value is 0.1000. The third kappa shape index (κ3) is 3.16. The summed E-state index contributed by atoms with van der Waals surface area (Å²) in [5, 5.41) is 0. The molecule has 1 heterocycles. The van der Waals surface area contributed by atoms with Gasteiger partial charge in [-0.05, 0) is 88.5 Å². The molecule has 4 heteroatoms. The molecule has 1 aliphatic heterocycles. The monoisotopic (exact) mass is 374 g/mol. The molecule has 0 spiro atoms. The van der Waals surface area contributed by atoms with Gasteiger partial charge in [0.15, 0.2) is 0 Å². The molecule has 2 nitrogen and oxygen atoms in total. The lowest BCUT2D eigenvalue weighted by Crippen LogP contribution is -2.33. The number of halogens is 2. The van der Waals surface area contributed by atoms with E-state index in [1.807, 2.05) is 0 Å². The zero-order valence-electron chi connectivity index (χ0n) is 10.7. The summed E-state index contributed by atoms with van der Waals surface area (Å²) in [6.07, 6.45) is 3.81. The molecule has 1 aliphatic rings. The van der Waals surface area contributed by atoms with Crippen molar-refractivity contribution in [2.24, 2.45) is 11.7 Å². The molecule has 1 saturated heterocycles. The fourth-order valence-electron chi connectivity index (χ4n) is 2.89. The van der Waals surface area contributed by atoms with E-state index in [4.69, 9.17) is 5.73 Å². The van der Waals surface area contributed by atoms with Gasteiger partial charge < -0.3 is 5.73 Å². The minimum Gasteiger partial charge on any atom is -0.330 e. The van der Waals surface area contributed by atoms with Gasteiger partial charge in [-0.15, -0.1) is 0 Å². The molecule has 2 atom stereocenters. The molecule has 2 N–H and O–H groups in total. The van der Waals surface area contributed by atoms with Crippen LogP contribution in [0.2, 0.25) is 0 Å². The van der Waals surface area contributed by atoms with Crippen molar-refractivity contribution in [3.8, 4) is 0 Å². The second-order valence-electron chi connectivity index (χ2n) is 5.09. The molecule has 0 amide bonds. The molecule has 100 valence electrons. The maximum Gasteiger partial charge on any atom is 0.0385 e. The summed E-state index contributed by atoms with van der Waals surface area (Å²) in [5.74, 6) is 0.561. The van der Waals surface area contributed by atoms with E-state index < -0.39 is 0 Å². The molecule has 2 rings (SSSR count). The summed E-state index contributed by atoms with van der Waals surface area (Å²) < 4.78 is 2.22. The molecule has 0 aliphatic carbocycles. The summed E-state index contributed by atoms with van der Waals surface area (Å²) >= 11 is 7.13. The van der Waals surface area contributed by atoms with E-state index in [-0.39, 0.29) is 0 Å². The predicted molar refractivity (Wildman–Crippen MR) is 83.6 cm³/mol. The second-order valence-corrected chi connectivity index (χ2v) is 6.80. The van der Waals surface area contributed by atoms with Gasteiger partial charge in [0, 0.05) is 15.0 Å². The van der Waals surface area contributed by atoms with E-state index in [1.165, 1.54) is 24.8 Å². The van der Waals surface area contributed by atoms with Gasteiger partial charge in [-0.25, -0.2) is 0 Å². The molecule has 0 bridgehead atoms. The van der Waals surface area contributed by atoms with Crippen LogP contribution in [0.25, 0.3) is 0 Å². The van der Waals surface area contributed by atoms with Gasteiger partial charge in [0.25, 0.3) is 0 Å². The Morgan fingerprint density at radius 2 is 2.06 bits per heavy atom. The normalized spacial score (nSPS) is 26.0. The summed E-state index contributed by atoms with van der Waals surface area (Å²) in [5.41, 5.74) is 7.35. The highest BCUT2D eigenvalue weighted by molar-refractivity contribution is 9.13. The number of rotatable bonds is 2. The molecule has 0 aromatic heterocycles. The SMILES string of the molecule is CN1CCCCC(CN)C1c1ccc(Br)c(Br)c1. The number of nitrogens with two attached hydrogens (primary N) is 1. The van der Waals surface area contributed by atoms with Gasteiger partial charge in [-0.3, -0.25) is 4.90 Å². The van der Waals surface area contributed by atoms with Crippen molar-refractivity contribution in [1.29, 1.82) is 0 Å². The summed E-state index contributed by atoms with van der Waals surface area (Å²) in [6.45, 7) is 1.93. The highest BCUT2D eigenvalue weighted by atomic mass is 79.9. The van der Waals surface area contributed by atoms with E-state index in [9.17, 15) is 0 Å². The largest absolute Gasteiger partial charge is 0.330 e. The average Bonchev–Trinajstić information content (AvgIpc) is 2.54. The van der Waals surface area contributed by atoms with Crippen LogP contribution in [-0.4, -0.2) is 25.0 Å². The van der Waals surface area contributed by atoms with E-state index >= 15 is 0 Å². The van der Waals surface area contributed by atoms with Crippen LogP contribution in [0.4, 0.5) is 0 Å². The van der Waals surface area contributed by atoms with Crippen molar-refractivity contribution in [3.63, 3.8) is 0 Å². The molecule has 1 aromatic carbocycles. The third-order valence-electron chi connectivity index (χ3n) is 3.85. The minimum atomic E-state index is 0.446. The quantitative estimate of drug-likeness (QED) is 0.847. The average molecular weight is 376 g/mol. The van der Waals surface area contributed by atoms with Gasteiger partial charge in [0.05, 0.1) is 0 Å². The Morgan fingerprint density at radius 3 is 2.72 bits per heavy atom. The van der Waals surface area contributed by atoms with Crippen LogP contribution in [0, 0.1) is 5.92 Å². The number of hydrogen-bond donors (Lipinski definition) is 1. The van der Waals surface area contributed by atoms with Crippen molar-refractivity contribution in [3.05, 3.63) is 32.7 Å². The van der Waals surface area contributed by atoms with Gasteiger partial charge in [0.2, 0.25) is 0 Å². The lowest BCUT2D eigenvalue weighted by Gasteiger charge is -2.32. The number of hydrogen-bond acceptors (Lipinski definition) is 2. The zero-order valence-corrected chi connectivity index (χ0v) is 13.9. The highest BCUT2D eigenvalue weighted by Gasteiger charge is 2.28.